The summed E-state index contributed by atoms with van der Waals surface area (Å²) in [6, 6.07) is 17.0. The van der Waals surface area contributed by atoms with Gasteiger partial charge >= 0.3 is 5.97 Å². The zero-order valence-electron chi connectivity index (χ0n) is 14.6. The lowest BCUT2D eigenvalue weighted by Gasteiger charge is -2.09. The molecular weight excluding hydrogens is 344 g/mol. The van der Waals surface area contributed by atoms with Gasteiger partial charge in [0.1, 0.15) is 0 Å². The van der Waals surface area contributed by atoms with Crippen molar-refractivity contribution in [3.63, 3.8) is 0 Å². The van der Waals surface area contributed by atoms with E-state index in [9.17, 15) is 4.79 Å². The van der Waals surface area contributed by atoms with Gasteiger partial charge in [0, 0.05) is 12.2 Å². The summed E-state index contributed by atoms with van der Waals surface area (Å²) >= 11 is 1.65. The Labute approximate surface area is 156 Å². The molecule has 0 amide bonds. The molecule has 3 aromatic rings. The second-order valence-corrected chi connectivity index (χ2v) is 7.53. The van der Waals surface area contributed by atoms with Gasteiger partial charge in [-0.15, -0.1) is 0 Å². The van der Waals surface area contributed by atoms with Gasteiger partial charge in [0.25, 0.3) is 0 Å². The fourth-order valence-electron chi connectivity index (χ4n) is 3.38. The molecule has 0 saturated carbocycles. The van der Waals surface area contributed by atoms with Crippen LogP contribution in [0, 0.1) is 0 Å². The largest absolute Gasteiger partial charge is 0.469 e. The summed E-state index contributed by atoms with van der Waals surface area (Å²) in [6.07, 6.45) is 4.26. The van der Waals surface area contributed by atoms with Crippen molar-refractivity contribution in [1.82, 2.24) is 4.98 Å². The van der Waals surface area contributed by atoms with Crippen LogP contribution in [0.15, 0.2) is 54.7 Å². The number of hydrogen-bond acceptors (Lipinski definition) is 5. The number of ether oxygens (including phenoxy) is 1. The zero-order valence-corrected chi connectivity index (χ0v) is 15.4. The number of anilines is 1. The van der Waals surface area contributed by atoms with E-state index in [4.69, 9.17) is 4.74 Å². The summed E-state index contributed by atoms with van der Waals surface area (Å²) in [5.74, 6) is -0.227. The number of carbonyl (C=O) groups excluding carboxylic acids is 1. The minimum absolute atomic E-state index is 0.227. The number of carbonyl (C=O) groups is 1. The van der Waals surface area contributed by atoms with Crippen LogP contribution >= 0.6 is 11.3 Å². The number of benzene rings is 2. The van der Waals surface area contributed by atoms with Gasteiger partial charge in [-0.3, -0.25) is 4.79 Å². The molecule has 1 aliphatic rings. The van der Waals surface area contributed by atoms with Crippen LogP contribution < -0.4 is 5.32 Å². The highest BCUT2D eigenvalue weighted by atomic mass is 32.1. The van der Waals surface area contributed by atoms with Gasteiger partial charge in [-0.05, 0) is 41.2 Å². The third-order valence-corrected chi connectivity index (χ3v) is 5.65. The summed E-state index contributed by atoms with van der Waals surface area (Å²) in [5, 5.41) is 4.51. The number of rotatable bonds is 5. The Bertz CT molecular complexity index is 910. The van der Waals surface area contributed by atoms with Gasteiger partial charge in [-0.25, -0.2) is 4.98 Å². The summed E-state index contributed by atoms with van der Waals surface area (Å²) < 4.78 is 4.75. The van der Waals surface area contributed by atoms with Crippen LogP contribution in [0.3, 0.4) is 0 Å². The first kappa shape index (κ1) is 16.8. The minimum Gasteiger partial charge on any atom is -0.469 e. The van der Waals surface area contributed by atoms with Crippen molar-refractivity contribution in [2.75, 3.05) is 12.4 Å². The molecule has 0 unspecified atom stereocenters. The first-order chi connectivity index (χ1) is 12.7. The zero-order chi connectivity index (χ0) is 17.9. The maximum atomic E-state index is 11.5. The second-order valence-electron chi connectivity index (χ2n) is 6.50. The lowest BCUT2D eigenvalue weighted by atomic mass is 10.1. The fraction of sp³-hybridized carbons (Fsp3) is 0.238. The van der Waals surface area contributed by atoms with E-state index < -0.39 is 0 Å². The van der Waals surface area contributed by atoms with Crippen LogP contribution in [0.5, 0.6) is 0 Å². The van der Waals surface area contributed by atoms with Crippen LogP contribution in [0.2, 0.25) is 0 Å². The van der Waals surface area contributed by atoms with Crippen molar-refractivity contribution < 1.29 is 9.53 Å². The SMILES string of the molecule is COC(=O)Cc1cccc(-c2cnc(NC3Cc4ccccc4C3)s2)c1. The molecule has 5 heteroatoms. The number of hydrogen-bond donors (Lipinski definition) is 1. The van der Waals surface area contributed by atoms with Crippen LogP contribution in [0.4, 0.5) is 5.13 Å². The smallest absolute Gasteiger partial charge is 0.309 e. The predicted molar refractivity (Wildman–Crippen MR) is 105 cm³/mol. The van der Waals surface area contributed by atoms with Crippen molar-refractivity contribution >= 4 is 22.4 Å². The third-order valence-electron chi connectivity index (χ3n) is 4.67. The fourth-order valence-corrected chi connectivity index (χ4v) is 4.27. The van der Waals surface area contributed by atoms with E-state index >= 15 is 0 Å². The topological polar surface area (TPSA) is 51.2 Å². The highest BCUT2D eigenvalue weighted by Gasteiger charge is 2.21. The molecule has 1 heterocycles. The highest BCUT2D eigenvalue weighted by Crippen LogP contribution is 2.31. The molecule has 1 aromatic heterocycles. The molecule has 1 N–H and O–H groups in total. The molecule has 0 spiro atoms. The van der Waals surface area contributed by atoms with Crippen LogP contribution in [-0.4, -0.2) is 24.1 Å². The number of fused-ring (bicyclic) bond motifs is 1. The number of nitrogens with zero attached hydrogens (tertiary/aromatic N) is 1. The van der Waals surface area contributed by atoms with Gasteiger partial charge in [-0.2, -0.15) is 0 Å². The lowest BCUT2D eigenvalue weighted by molar-refractivity contribution is -0.139. The Morgan fingerprint density at radius 3 is 2.69 bits per heavy atom. The number of methoxy groups -OCH3 is 1. The Kier molecular flexibility index (Phi) is 4.71. The van der Waals surface area contributed by atoms with Crippen molar-refractivity contribution in [1.29, 1.82) is 0 Å². The van der Waals surface area contributed by atoms with Crippen molar-refractivity contribution in [3.8, 4) is 10.4 Å². The number of thiazole rings is 1. The first-order valence-corrected chi connectivity index (χ1v) is 9.48. The van der Waals surface area contributed by atoms with Gasteiger partial charge < -0.3 is 10.1 Å². The summed E-state index contributed by atoms with van der Waals surface area (Å²) in [4.78, 5) is 17.1. The Hall–Kier alpha value is -2.66. The maximum absolute atomic E-state index is 11.5. The molecule has 1 aliphatic carbocycles. The van der Waals surface area contributed by atoms with E-state index in [0.29, 0.717) is 6.04 Å². The molecule has 0 radical (unpaired) electrons. The standard InChI is InChI=1S/C21H20N2O2S/c1-25-20(24)10-14-5-4-8-17(9-14)19-13-22-21(26-19)23-18-11-15-6-2-3-7-16(15)12-18/h2-9,13,18H,10-12H2,1H3,(H,22,23). The maximum Gasteiger partial charge on any atom is 0.309 e. The third kappa shape index (κ3) is 3.63. The summed E-state index contributed by atoms with van der Waals surface area (Å²) in [5.41, 5.74) is 4.88. The van der Waals surface area contributed by atoms with E-state index in [1.807, 2.05) is 30.5 Å². The number of esters is 1. The molecule has 26 heavy (non-hydrogen) atoms. The normalized spacial score (nSPS) is 13.4. The van der Waals surface area contributed by atoms with Gasteiger partial charge in [0.2, 0.25) is 0 Å². The van der Waals surface area contributed by atoms with Gasteiger partial charge in [0.15, 0.2) is 5.13 Å². The molecule has 4 rings (SSSR count). The molecule has 0 atom stereocenters. The monoisotopic (exact) mass is 364 g/mol. The van der Waals surface area contributed by atoms with Gasteiger partial charge in [0.05, 0.1) is 18.4 Å². The predicted octanol–water partition coefficient (Wildman–Crippen LogP) is 4.10. The van der Waals surface area contributed by atoms with Crippen LogP contribution in [-0.2, 0) is 28.8 Å². The molecule has 4 nitrogen and oxygen atoms in total. The molecule has 0 bridgehead atoms. The lowest BCUT2D eigenvalue weighted by Crippen LogP contribution is -2.19. The Morgan fingerprint density at radius 2 is 1.96 bits per heavy atom. The van der Waals surface area contributed by atoms with Crippen LogP contribution in [0.25, 0.3) is 10.4 Å². The van der Waals surface area contributed by atoms with E-state index in [1.54, 1.807) is 11.3 Å². The van der Waals surface area contributed by atoms with Crippen molar-refractivity contribution in [2.24, 2.45) is 0 Å². The molecular formula is C21H20N2O2S. The summed E-state index contributed by atoms with van der Waals surface area (Å²) in [6.45, 7) is 0. The van der Waals surface area contributed by atoms with Crippen molar-refractivity contribution in [3.05, 3.63) is 71.4 Å². The average Bonchev–Trinajstić information content (AvgIpc) is 3.28. The molecule has 2 aromatic carbocycles. The van der Waals surface area contributed by atoms with Gasteiger partial charge in [-0.1, -0.05) is 53.8 Å². The molecule has 0 saturated heterocycles. The van der Waals surface area contributed by atoms with E-state index in [1.165, 1.54) is 18.2 Å². The molecule has 0 fully saturated rings. The Morgan fingerprint density at radius 1 is 1.19 bits per heavy atom. The molecule has 132 valence electrons. The minimum atomic E-state index is -0.227. The quantitative estimate of drug-likeness (QED) is 0.693. The number of nitrogens with one attached hydrogen (secondary N) is 1. The van der Waals surface area contributed by atoms with E-state index in [0.717, 1.165) is 34.0 Å². The highest BCUT2D eigenvalue weighted by molar-refractivity contribution is 7.18. The van der Waals surface area contributed by atoms with E-state index in [2.05, 4.69) is 34.6 Å². The molecule has 0 aliphatic heterocycles. The van der Waals surface area contributed by atoms with E-state index in [-0.39, 0.29) is 12.4 Å². The number of aromatic nitrogens is 1. The second kappa shape index (κ2) is 7.30. The summed E-state index contributed by atoms with van der Waals surface area (Å²) in [7, 11) is 1.41. The average molecular weight is 364 g/mol. The van der Waals surface area contributed by atoms with Crippen LogP contribution in [0.1, 0.15) is 16.7 Å². The first-order valence-electron chi connectivity index (χ1n) is 8.66. The van der Waals surface area contributed by atoms with Crippen molar-refractivity contribution in [2.45, 2.75) is 25.3 Å². The Balaban J connectivity index is 1.45.